The third kappa shape index (κ3) is 4.32. The summed E-state index contributed by atoms with van der Waals surface area (Å²) in [7, 11) is 0. The molecule has 108 valence electrons. The van der Waals surface area contributed by atoms with Gasteiger partial charge in [0, 0.05) is 18.3 Å². The molecule has 0 spiro atoms. The van der Waals surface area contributed by atoms with Crippen LogP contribution in [0, 0.1) is 12.8 Å². The Labute approximate surface area is 116 Å². The van der Waals surface area contributed by atoms with Gasteiger partial charge in [-0.25, -0.2) is 0 Å². The predicted molar refractivity (Wildman–Crippen MR) is 77.1 cm³/mol. The standard InChI is InChI=1S/C15H27N3O/c1-11(2)7-16-8-14-9-18(17-13(14)4)10-15-6-5-12(3)19-15/h9,11-12,15-16H,5-8,10H2,1-4H3. The van der Waals surface area contributed by atoms with Crippen LogP contribution in [-0.2, 0) is 17.8 Å². The van der Waals surface area contributed by atoms with Crippen LogP contribution in [0.2, 0.25) is 0 Å². The number of rotatable bonds is 6. The van der Waals surface area contributed by atoms with Crippen molar-refractivity contribution in [3.05, 3.63) is 17.5 Å². The number of hydrogen-bond donors (Lipinski definition) is 1. The normalized spacial score (nSPS) is 23.4. The van der Waals surface area contributed by atoms with Crippen LogP contribution in [0.5, 0.6) is 0 Å². The van der Waals surface area contributed by atoms with Crippen molar-refractivity contribution in [3.8, 4) is 0 Å². The van der Waals surface area contributed by atoms with Gasteiger partial charge >= 0.3 is 0 Å². The summed E-state index contributed by atoms with van der Waals surface area (Å²) in [6, 6.07) is 0. The SMILES string of the molecule is Cc1nn(CC2CCC(C)O2)cc1CNCC(C)C. The fourth-order valence-electron chi connectivity index (χ4n) is 2.55. The van der Waals surface area contributed by atoms with Crippen LogP contribution < -0.4 is 5.32 Å². The molecule has 2 unspecified atom stereocenters. The van der Waals surface area contributed by atoms with E-state index in [1.54, 1.807) is 0 Å². The second-order valence-corrected chi connectivity index (χ2v) is 6.13. The fourth-order valence-corrected chi connectivity index (χ4v) is 2.55. The summed E-state index contributed by atoms with van der Waals surface area (Å²) < 4.78 is 7.90. The lowest BCUT2D eigenvalue weighted by Crippen LogP contribution is -2.19. The zero-order valence-corrected chi connectivity index (χ0v) is 12.6. The lowest BCUT2D eigenvalue weighted by Gasteiger charge is -2.10. The number of nitrogens with zero attached hydrogens (tertiary/aromatic N) is 2. The highest BCUT2D eigenvalue weighted by Gasteiger charge is 2.22. The summed E-state index contributed by atoms with van der Waals surface area (Å²) in [5, 5.41) is 8.06. The van der Waals surface area contributed by atoms with E-state index in [9.17, 15) is 0 Å². The Bertz CT molecular complexity index is 400. The second-order valence-electron chi connectivity index (χ2n) is 6.13. The number of aromatic nitrogens is 2. The molecule has 0 saturated carbocycles. The van der Waals surface area contributed by atoms with Gasteiger partial charge in [-0.15, -0.1) is 0 Å². The number of hydrogen-bond acceptors (Lipinski definition) is 3. The van der Waals surface area contributed by atoms with Crippen LogP contribution in [0.25, 0.3) is 0 Å². The molecule has 0 amide bonds. The Morgan fingerprint density at radius 3 is 2.89 bits per heavy atom. The first-order valence-corrected chi connectivity index (χ1v) is 7.43. The van der Waals surface area contributed by atoms with Crippen molar-refractivity contribution in [1.29, 1.82) is 0 Å². The van der Waals surface area contributed by atoms with Gasteiger partial charge in [0.15, 0.2) is 0 Å². The van der Waals surface area contributed by atoms with Crippen molar-refractivity contribution in [2.75, 3.05) is 6.54 Å². The van der Waals surface area contributed by atoms with Crippen molar-refractivity contribution in [1.82, 2.24) is 15.1 Å². The van der Waals surface area contributed by atoms with Crippen molar-refractivity contribution in [2.24, 2.45) is 5.92 Å². The number of ether oxygens (including phenoxy) is 1. The van der Waals surface area contributed by atoms with E-state index in [2.05, 4.69) is 44.3 Å². The minimum atomic E-state index is 0.339. The molecule has 1 aliphatic rings. The van der Waals surface area contributed by atoms with Gasteiger partial charge in [-0.05, 0) is 39.2 Å². The van der Waals surface area contributed by atoms with Gasteiger partial charge in [-0.1, -0.05) is 13.8 Å². The smallest absolute Gasteiger partial charge is 0.0775 e. The van der Waals surface area contributed by atoms with E-state index in [-0.39, 0.29) is 0 Å². The van der Waals surface area contributed by atoms with Crippen molar-refractivity contribution in [2.45, 2.75) is 65.8 Å². The summed E-state index contributed by atoms with van der Waals surface area (Å²) in [6.45, 7) is 11.5. The van der Waals surface area contributed by atoms with Gasteiger partial charge in [-0.3, -0.25) is 4.68 Å². The Morgan fingerprint density at radius 2 is 2.26 bits per heavy atom. The quantitative estimate of drug-likeness (QED) is 0.859. The van der Waals surface area contributed by atoms with E-state index in [1.165, 1.54) is 12.0 Å². The third-order valence-electron chi connectivity index (χ3n) is 3.63. The zero-order valence-electron chi connectivity index (χ0n) is 12.6. The molecule has 1 aromatic rings. The second kappa shape index (κ2) is 6.53. The molecular weight excluding hydrogens is 238 g/mol. The number of nitrogens with one attached hydrogen (secondary N) is 1. The average molecular weight is 265 g/mol. The molecule has 0 aliphatic carbocycles. The van der Waals surface area contributed by atoms with E-state index < -0.39 is 0 Å². The van der Waals surface area contributed by atoms with E-state index >= 15 is 0 Å². The lowest BCUT2D eigenvalue weighted by molar-refractivity contribution is 0.0436. The highest BCUT2D eigenvalue weighted by Crippen LogP contribution is 2.20. The van der Waals surface area contributed by atoms with Gasteiger partial charge in [0.05, 0.1) is 24.4 Å². The van der Waals surface area contributed by atoms with Gasteiger partial charge < -0.3 is 10.1 Å². The van der Waals surface area contributed by atoms with Crippen LogP contribution in [0.3, 0.4) is 0 Å². The van der Waals surface area contributed by atoms with Gasteiger partial charge in [-0.2, -0.15) is 5.10 Å². The summed E-state index contributed by atoms with van der Waals surface area (Å²) >= 11 is 0. The molecule has 19 heavy (non-hydrogen) atoms. The Morgan fingerprint density at radius 1 is 1.47 bits per heavy atom. The maximum Gasteiger partial charge on any atom is 0.0775 e. The maximum absolute atomic E-state index is 5.85. The summed E-state index contributed by atoms with van der Waals surface area (Å²) in [4.78, 5) is 0. The molecule has 2 rings (SSSR count). The minimum absolute atomic E-state index is 0.339. The van der Waals surface area contributed by atoms with E-state index in [1.807, 2.05) is 4.68 Å². The van der Waals surface area contributed by atoms with Crippen LogP contribution in [0.1, 0.15) is 44.9 Å². The molecule has 1 saturated heterocycles. The van der Waals surface area contributed by atoms with Gasteiger partial charge in [0.2, 0.25) is 0 Å². The van der Waals surface area contributed by atoms with Crippen molar-refractivity contribution >= 4 is 0 Å². The molecular formula is C15H27N3O. The maximum atomic E-state index is 5.85. The van der Waals surface area contributed by atoms with E-state index in [0.717, 1.165) is 31.7 Å². The largest absolute Gasteiger partial charge is 0.373 e. The van der Waals surface area contributed by atoms with Crippen molar-refractivity contribution in [3.63, 3.8) is 0 Å². The average Bonchev–Trinajstić information content (AvgIpc) is 2.86. The highest BCUT2D eigenvalue weighted by atomic mass is 16.5. The molecule has 0 bridgehead atoms. The van der Waals surface area contributed by atoms with Crippen LogP contribution >= 0.6 is 0 Å². The van der Waals surface area contributed by atoms with Crippen molar-refractivity contribution < 1.29 is 4.74 Å². The Balaban J connectivity index is 1.85. The van der Waals surface area contributed by atoms with E-state index in [0.29, 0.717) is 18.1 Å². The molecule has 1 N–H and O–H groups in total. The first kappa shape index (κ1) is 14.5. The topological polar surface area (TPSA) is 39.1 Å². The first-order chi connectivity index (χ1) is 9.04. The molecule has 1 aromatic heterocycles. The molecule has 1 fully saturated rings. The molecule has 2 atom stereocenters. The molecule has 4 nitrogen and oxygen atoms in total. The van der Waals surface area contributed by atoms with E-state index in [4.69, 9.17) is 4.74 Å². The lowest BCUT2D eigenvalue weighted by atomic mass is 10.2. The Kier molecular flexibility index (Phi) is 4.99. The minimum Gasteiger partial charge on any atom is -0.373 e. The third-order valence-corrected chi connectivity index (χ3v) is 3.63. The van der Waals surface area contributed by atoms with Crippen LogP contribution in [-0.4, -0.2) is 28.5 Å². The predicted octanol–water partition coefficient (Wildman–Crippen LogP) is 2.50. The Hall–Kier alpha value is -0.870. The highest BCUT2D eigenvalue weighted by molar-refractivity contribution is 5.15. The molecule has 0 radical (unpaired) electrons. The van der Waals surface area contributed by atoms with Gasteiger partial charge in [0.1, 0.15) is 0 Å². The zero-order chi connectivity index (χ0) is 13.8. The summed E-state index contributed by atoms with van der Waals surface area (Å²) in [5.74, 6) is 0.684. The molecule has 0 aromatic carbocycles. The summed E-state index contributed by atoms with van der Waals surface area (Å²) in [6.07, 6.45) is 5.24. The summed E-state index contributed by atoms with van der Waals surface area (Å²) in [5.41, 5.74) is 2.42. The fraction of sp³-hybridized carbons (Fsp3) is 0.800. The molecule has 1 aliphatic heterocycles. The molecule has 4 heteroatoms. The number of aryl methyl sites for hydroxylation is 1. The molecule has 2 heterocycles. The van der Waals surface area contributed by atoms with Crippen LogP contribution in [0.4, 0.5) is 0 Å². The first-order valence-electron chi connectivity index (χ1n) is 7.43. The van der Waals surface area contributed by atoms with Crippen LogP contribution in [0.15, 0.2) is 6.20 Å². The van der Waals surface area contributed by atoms with Gasteiger partial charge in [0.25, 0.3) is 0 Å². The monoisotopic (exact) mass is 265 g/mol.